The van der Waals surface area contributed by atoms with Gasteiger partial charge in [0.25, 0.3) is 5.91 Å². The second-order valence-corrected chi connectivity index (χ2v) is 17.6. The van der Waals surface area contributed by atoms with Crippen LogP contribution < -0.4 is 20.1 Å². The van der Waals surface area contributed by atoms with Gasteiger partial charge in [0.2, 0.25) is 27.7 Å². The number of alkyl carbamates (subject to hydrolysis) is 1. The van der Waals surface area contributed by atoms with E-state index in [1.165, 1.54) is 22.3 Å². The SMILES string of the molecule is C=C[C@@H]1CC1(NC(=O)[C@@H]1C[C@@H](Oc2nc3ccccc3nc2-c2cccs2)C2C/C=C\CC(NC(=O)OC3CCCC3)C(=O)N21)C(=O)NS(=O)(=O)C1CC1. The molecule has 1 saturated heterocycles. The maximum Gasteiger partial charge on any atom is 0.408 e. The molecular weight excluding hydrogens is 733 g/mol. The van der Waals surface area contributed by atoms with Crippen LogP contribution in [0.4, 0.5) is 4.79 Å². The van der Waals surface area contributed by atoms with Crippen LogP contribution in [0.5, 0.6) is 5.88 Å². The van der Waals surface area contributed by atoms with E-state index in [9.17, 15) is 27.6 Å². The third-order valence-electron chi connectivity index (χ3n) is 11.0. The zero-order valence-corrected chi connectivity index (χ0v) is 31.2. The maximum absolute atomic E-state index is 14.6. The first kappa shape index (κ1) is 36.2. The Morgan fingerprint density at radius 2 is 1.74 bits per heavy atom. The molecule has 4 fully saturated rings. The Balaban J connectivity index is 1.11. The highest BCUT2D eigenvalue weighted by Gasteiger charge is 2.62. The summed E-state index contributed by atoms with van der Waals surface area (Å²) < 4.78 is 40.0. The zero-order valence-electron chi connectivity index (χ0n) is 29.5. The summed E-state index contributed by atoms with van der Waals surface area (Å²) in [6, 6.07) is 8.35. The zero-order chi connectivity index (χ0) is 37.6. The van der Waals surface area contributed by atoms with Crippen LogP contribution in [0.25, 0.3) is 21.6 Å². The number of amides is 4. The van der Waals surface area contributed by atoms with Crippen molar-refractivity contribution >= 4 is 56.2 Å². The number of ether oxygens (including phenoxy) is 2. The van der Waals surface area contributed by atoms with Crippen LogP contribution in [0.2, 0.25) is 0 Å². The van der Waals surface area contributed by atoms with Crippen molar-refractivity contribution in [3.05, 3.63) is 66.6 Å². The number of para-hydroxylation sites is 2. The molecule has 0 radical (unpaired) electrons. The molecule has 284 valence electrons. The Morgan fingerprint density at radius 3 is 2.43 bits per heavy atom. The number of nitrogens with zero attached hydrogens (tertiary/aromatic N) is 3. The predicted octanol–water partition coefficient (Wildman–Crippen LogP) is 4.13. The average molecular weight is 775 g/mol. The summed E-state index contributed by atoms with van der Waals surface area (Å²) in [5.74, 6) is -2.27. The fourth-order valence-corrected chi connectivity index (χ4v) is 9.92. The quantitative estimate of drug-likeness (QED) is 0.239. The highest BCUT2D eigenvalue weighted by Crippen LogP contribution is 2.46. The summed E-state index contributed by atoms with van der Waals surface area (Å²) in [5, 5.41) is 6.86. The second-order valence-electron chi connectivity index (χ2n) is 14.7. The Labute approximate surface area is 316 Å². The number of thiophene rings is 1. The number of fused-ring (bicyclic) bond motifs is 2. The fraction of sp³-hybridized carbons (Fsp3) is 0.474. The van der Waals surface area contributed by atoms with Gasteiger partial charge in [0, 0.05) is 12.3 Å². The molecule has 4 heterocycles. The number of aromatic nitrogens is 2. The van der Waals surface area contributed by atoms with Crippen molar-refractivity contribution in [1.82, 2.24) is 30.2 Å². The van der Waals surface area contributed by atoms with Crippen LogP contribution >= 0.6 is 11.3 Å². The van der Waals surface area contributed by atoms with Crippen LogP contribution in [-0.4, -0.2) is 88.2 Å². The molecule has 14 nitrogen and oxygen atoms in total. The van der Waals surface area contributed by atoms with E-state index in [-0.39, 0.29) is 31.2 Å². The van der Waals surface area contributed by atoms with E-state index in [2.05, 4.69) is 21.9 Å². The lowest BCUT2D eigenvalue weighted by molar-refractivity contribution is -0.143. The summed E-state index contributed by atoms with van der Waals surface area (Å²) in [4.78, 5) is 67.7. The molecule has 6 atom stereocenters. The van der Waals surface area contributed by atoms with E-state index in [4.69, 9.17) is 19.4 Å². The number of rotatable bonds is 11. The molecule has 3 N–H and O–H groups in total. The van der Waals surface area contributed by atoms with E-state index in [0.29, 0.717) is 36.0 Å². The monoisotopic (exact) mass is 774 g/mol. The summed E-state index contributed by atoms with van der Waals surface area (Å²) in [7, 11) is -3.90. The molecule has 2 aromatic heterocycles. The van der Waals surface area contributed by atoms with Gasteiger partial charge < -0.3 is 25.0 Å². The molecule has 3 saturated carbocycles. The van der Waals surface area contributed by atoms with E-state index < -0.39 is 74.8 Å². The van der Waals surface area contributed by atoms with Gasteiger partial charge in [0.15, 0.2) is 0 Å². The maximum atomic E-state index is 14.6. The average Bonchev–Trinajstić information content (AvgIpc) is 3.93. The molecule has 3 aliphatic carbocycles. The molecule has 5 aliphatic rings. The van der Waals surface area contributed by atoms with Gasteiger partial charge in [0.1, 0.15) is 35.5 Å². The molecule has 3 aromatic rings. The van der Waals surface area contributed by atoms with Gasteiger partial charge in [-0.15, -0.1) is 17.9 Å². The Bertz CT molecular complexity index is 2120. The van der Waals surface area contributed by atoms with Gasteiger partial charge in [0.05, 0.1) is 27.2 Å². The Kier molecular flexibility index (Phi) is 9.67. The topological polar surface area (TPSA) is 186 Å². The van der Waals surface area contributed by atoms with Crippen molar-refractivity contribution < 1.29 is 37.1 Å². The lowest BCUT2D eigenvalue weighted by Crippen LogP contribution is -2.60. The van der Waals surface area contributed by atoms with Crippen LogP contribution in [0, 0.1) is 5.92 Å². The predicted molar refractivity (Wildman–Crippen MR) is 200 cm³/mol. The fourth-order valence-electron chi connectivity index (χ4n) is 7.85. The molecule has 2 aliphatic heterocycles. The lowest BCUT2D eigenvalue weighted by Gasteiger charge is -2.35. The summed E-state index contributed by atoms with van der Waals surface area (Å²) >= 11 is 1.47. The van der Waals surface area contributed by atoms with Crippen molar-refractivity contribution in [3.63, 3.8) is 0 Å². The highest BCUT2D eigenvalue weighted by molar-refractivity contribution is 7.91. The van der Waals surface area contributed by atoms with E-state index in [1.807, 2.05) is 53.9 Å². The third kappa shape index (κ3) is 7.08. The summed E-state index contributed by atoms with van der Waals surface area (Å²) in [6.45, 7) is 3.80. The number of benzene rings is 1. The normalized spacial score (nSPS) is 28.7. The number of hydrogen-bond acceptors (Lipinski definition) is 11. The molecule has 0 bridgehead atoms. The Morgan fingerprint density at radius 1 is 1.00 bits per heavy atom. The summed E-state index contributed by atoms with van der Waals surface area (Å²) in [6.07, 6.45) is 8.59. The van der Waals surface area contributed by atoms with E-state index in [1.54, 1.807) is 0 Å². The first-order valence-electron chi connectivity index (χ1n) is 18.5. The number of hydrogen-bond donors (Lipinski definition) is 3. The molecule has 54 heavy (non-hydrogen) atoms. The van der Waals surface area contributed by atoms with Crippen molar-refractivity contribution in [2.45, 2.75) is 105 Å². The number of carbonyl (C=O) groups is 4. The van der Waals surface area contributed by atoms with E-state index in [0.717, 1.165) is 30.6 Å². The molecular formula is C38H42N6O8S2. The molecule has 16 heteroatoms. The van der Waals surface area contributed by atoms with E-state index >= 15 is 0 Å². The third-order valence-corrected chi connectivity index (χ3v) is 13.7. The number of carbonyl (C=O) groups excluding carboxylic acids is 4. The molecule has 3 unspecified atom stereocenters. The minimum Gasteiger partial charge on any atom is -0.470 e. The van der Waals surface area contributed by atoms with Crippen LogP contribution in [0.3, 0.4) is 0 Å². The molecule has 1 aromatic carbocycles. The van der Waals surface area contributed by atoms with Crippen molar-refractivity contribution in [3.8, 4) is 16.5 Å². The highest BCUT2D eigenvalue weighted by atomic mass is 32.2. The van der Waals surface area contributed by atoms with Gasteiger partial charge in [-0.05, 0) is 81.4 Å². The van der Waals surface area contributed by atoms with Crippen molar-refractivity contribution in [2.24, 2.45) is 5.92 Å². The second kappa shape index (κ2) is 14.4. The van der Waals surface area contributed by atoms with Gasteiger partial charge in [-0.3, -0.25) is 19.1 Å². The van der Waals surface area contributed by atoms with Crippen LogP contribution in [-0.2, 0) is 29.1 Å². The van der Waals surface area contributed by atoms with Crippen molar-refractivity contribution in [2.75, 3.05) is 0 Å². The standard InChI is InChI=1S/C38H42N6O8S2/c1-2-22-21-38(22,36(47)43-54(49,50)24-17-18-24)42-33(45)29-20-30(52-34-32(31-16-9-19-53-31)39-25-12-5-6-13-26(25)40-34)28-15-8-7-14-27(35(46)44(28)29)41-37(48)51-23-10-3-4-11-23/h2,5-9,12-13,16,19,22-24,27-30H,1,3-4,10-11,14-15,17-18,20-21H2,(H,41,48)(H,42,45)(H,43,47)/b8-7-/t22-,27?,28?,29+,30-,38?/m1/s1. The van der Waals surface area contributed by atoms with Gasteiger partial charge >= 0.3 is 6.09 Å². The van der Waals surface area contributed by atoms with Gasteiger partial charge in [-0.1, -0.05) is 36.4 Å². The smallest absolute Gasteiger partial charge is 0.408 e. The number of nitrogens with one attached hydrogen (secondary N) is 3. The Hall–Kier alpha value is -4.83. The van der Waals surface area contributed by atoms with Crippen LogP contribution in [0.1, 0.15) is 64.2 Å². The van der Waals surface area contributed by atoms with Crippen LogP contribution in [0.15, 0.2) is 66.6 Å². The molecule has 0 spiro atoms. The first-order valence-corrected chi connectivity index (χ1v) is 20.9. The van der Waals surface area contributed by atoms with Gasteiger partial charge in [-0.25, -0.2) is 23.2 Å². The minimum absolute atomic E-state index is 0.0184. The van der Waals surface area contributed by atoms with Crippen molar-refractivity contribution in [1.29, 1.82) is 0 Å². The molecule has 8 rings (SSSR count). The number of sulfonamides is 1. The molecule has 4 amide bonds. The summed E-state index contributed by atoms with van der Waals surface area (Å²) in [5.41, 5.74) is 0.243. The first-order chi connectivity index (χ1) is 26.1. The largest absolute Gasteiger partial charge is 0.470 e. The minimum atomic E-state index is -3.90. The van der Waals surface area contributed by atoms with Gasteiger partial charge in [-0.2, -0.15) is 0 Å². The lowest BCUT2D eigenvalue weighted by atomic mass is 10.0.